The number of carboxylic acids is 1. The number of rotatable bonds is 3. The number of hydrogen-bond donors (Lipinski definition) is 3. The van der Waals surface area contributed by atoms with Gasteiger partial charge in [-0.1, -0.05) is 27.7 Å². The van der Waals surface area contributed by atoms with Gasteiger partial charge in [-0.2, -0.15) is 12.6 Å². The summed E-state index contributed by atoms with van der Waals surface area (Å²) in [6, 6.07) is 0. The number of aliphatic carboxylic acids is 1. The van der Waals surface area contributed by atoms with E-state index in [1.807, 2.05) is 27.7 Å². The minimum atomic E-state index is -1.08. The van der Waals surface area contributed by atoms with E-state index in [0.29, 0.717) is 0 Å². The van der Waals surface area contributed by atoms with Crippen molar-refractivity contribution in [2.45, 2.75) is 39.4 Å². The molecule has 0 aromatic carbocycles. The van der Waals surface area contributed by atoms with Gasteiger partial charge in [0.15, 0.2) is 0 Å². The summed E-state index contributed by atoms with van der Waals surface area (Å²) in [6.45, 7) is 8.00. The second kappa shape index (κ2) is 14.8. The first-order valence-electron chi connectivity index (χ1n) is 4.69. The Balaban J connectivity index is -0.000000266. The zero-order valence-electron chi connectivity index (χ0n) is 9.50. The monoisotopic (exact) mass is 223 g/mol. The number of thiol groups is 1. The van der Waals surface area contributed by atoms with Crippen LogP contribution in [0.4, 0.5) is 0 Å². The van der Waals surface area contributed by atoms with Crippen LogP contribution in [-0.4, -0.2) is 29.3 Å². The Bertz CT molecular complexity index is 151. The maximum atomic E-state index is 10.5. The van der Waals surface area contributed by atoms with E-state index in [4.69, 9.17) is 5.11 Å². The minimum absolute atomic E-state index is 0.0883. The Morgan fingerprint density at radius 1 is 1.29 bits per heavy atom. The molecule has 86 valence electrons. The van der Waals surface area contributed by atoms with Crippen molar-refractivity contribution in [2.24, 2.45) is 0 Å². The average molecular weight is 223 g/mol. The van der Waals surface area contributed by atoms with E-state index in [0.717, 1.165) is 0 Å². The van der Waals surface area contributed by atoms with E-state index in [1.165, 1.54) is 7.05 Å². The van der Waals surface area contributed by atoms with Gasteiger partial charge in [0.1, 0.15) is 5.25 Å². The number of carbonyl (C=O) groups excluding carboxylic acids is 1. The van der Waals surface area contributed by atoms with Crippen molar-refractivity contribution < 1.29 is 14.7 Å². The van der Waals surface area contributed by atoms with Crippen molar-refractivity contribution in [2.75, 3.05) is 7.05 Å². The molecule has 0 aliphatic carbocycles. The lowest BCUT2D eigenvalue weighted by molar-refractivity contribution is -0.138. The van der Waals surface area contributed by atoms with Crippen molar-refractivity contribution >= 4 is 24.5 Å². The second-order valence-corrected chi connectivity index (χ2v) is 2.35. The van der Waals surface area contributed by atoms with Crippen molar-refractivity contribution in [1.82, 2.24) is 5.32 Å². The molecule has 0 radical (unpaired) electrons. The van der Waals surface area contributed by atoms with E-state index in [2.05, 4.69) is 17.9 Å². The third kappa shape index (κ3) is 13.9. The quantitative estimate of drug-likeness (QED) is 0.636. The lowest BCUT2D eigenvalue weighted by Crippen LogP contribution is -2.25. The summed E-state index contributed by atoms with van der Waals surface area (Å²) in [5.41, 5.74) is 0. The maximum Gasteiger partial charge on any atom is 0.316 e. The van der Waals surface area contributed by atoms with Gasteiger partial charge in [0.05, 0.1) is 0 Å². The van der Waals surface area contributed by atoms with Crippen molar-refractivity contribution in [3.05, 3.63) is 0 Å². The van der Waals surface area contributed by atoms with Gasteiger partial charge in [0.25, 0.3) is 0 Å². The normalized spacial score (nSPS) is 9.57. The average Bonchev–Trinajstić information content (AvgIpc) is 2.23. The van der Waals surface area contributed by atoms with Crippen molar-refractivity contribution in [3.8, 4) is 0 Å². The molecule has 0 saturated carbocycles. The molecule has 0 aromatic rings. The summed E-state index contributed by atoms with van der Waals surface area (Å²) in [7, 11) is 1.45. The van der Waals surface area contributed by atoms with Crippen LogP contribution in [0.1, 0.15) is 34.1 Å². The van der Waals surface area contributed by atoms with E-state index in [1.54, 1.807) is 0 Å². The fraction of sp³-hybridized carbons (Fsp3) is 0.778. The van der Waals surface area contributed by atoms with Gasteiger partial charge < -0.3 is 10.4 Å². The number of hydrogen-bond acceptors (Lipinski definition) is 3. The molecule has 0 spiro atoms. The van der Waals surface area contributed by atoms with E-state index < -0.39 is 11.2 Å². The van der Waals surface area contributed by atoms with Crippen LogP contribution in [0.2, 0.25) is 0 Å². The Hall–Kier alpha value is -0.710. The molecule has 1 atom stereocenters. The largest absolute Gasteiger partial charge is 0.480 e. The molecule has 0 saturated heterocycles. The molecule has 0 fully saturated rings. The smallest absolute Gasteiger partial charge is 0.316 e. The summed E-state index contributed by atoms with van der Waals surface area (Å²) < 4.78 is 0. The first-order valence-corrected chi connectivity index (χ1v) is 5.21. The van der Waals surface area contributed by atoms with Crippen LogP contribution in [0.5, 0.6) is 0 Å². The highest BCUT2D eigenvalue weighted by molar-refractivity contribution is 7.81. The molecule has 5 heteroatoms. The molecular formula is C9H21NO3S. The van der Waals surface area contributed by atoms with E-state index >= 15 is 0 Å². The van der Waals surface area contributed by atoms with Crippen LogP contribution >= 0.6 is 12.6 Å². The SMILES string of the molecule is CC.CC.CNC(=O)CC(S)C(=O)O. The van der Waals surface area contributed by atoms with Gasteiger partial charge in [-0.3, -0.25) is 9.59 Å². The summed E-state index contributed by atoms with van der Waals surface area (Å²) >= 11 is 3.66. The highest BCUT2D eigenvalue weighted by atomic mass is 32.1. The van der Waals surface area contributed by atoms with Gasteiger partial charge in [0.2, 0.25) is 5.91 Å². The first kappa shape index (κ1) is 19.0. The van der Waals surface area contributed by atoms with Crippen molar-refractivity contribution in [3.63, 3.8) is 0 Å². The van der Waals surface area contributed by atoms with Crippen LogP contribution in [-0.2, 0) is 9.59 Å². The lowest BCUT2D eigenvalue weighted by Gasteiger charge is -2.02. The van der Waals surface area contributed by atoms with Gasteiger partial charge in [0, 0.05) is 13.5 Å². The molecule has 1 amide bonds. The van der Waals surface area contributed by atoms with Crippen molar-refractivity contribution in [1.29, 1.82) is 0 Å². The van der Waals surface area contributed by atoms with E-state index in [9.17, 15) is 9.59 Å². The number of carboxylic acid groups (broad SMARTS) is 1. The second-order valence-electron chi connectivity index (χ2n) is 1.73. The molecule has 0 aliphatic rings. The predicted octanol–water partition coefficient (Wildman–Crippen LogP) is 1.56. The number of amides is 1. The standard InChI is InChI=1S/C5H9NO3S.2C2H6/c1-6-4(7)2-3(10)5(8)9;2*1-2/h3,10H,2H2,1H3,(H,6,7)(H,8,9);2*1-2H3. The van der Waals surface area contributed by atoms with Gasteiger partial charge in [-0.25, -0.2) is 0 Å². The Labute approximate surface area is 91.5 Å². The molecule has 1 unspecified atom stereocenters. The Morgan fingerprint density at radius 2 is 1.64 bits per heavy atom. The Kier molecular flexibility index (Phi) is 20.0. The molecule has 14 heavy (non-hydrogen) atoms. The lowest BCUT2D eigenvalue weighted by atomic mass is 10.3. The molecule has 4 nitrogen and oxygen atoms in total. The molecule has 0 aromatic heterocycles. The maximum absolute atomic E-state index is 10.5. The van der Waals surface area contributed by atoms with Crippen LogP contribution < -0.4 is 5.32 Å². The summed E-state index contributed by atoms with van der Waals surface area (Å²) in [5, 5.41) is 9.67. The predicted molar refractivity (Wildman–Crippen MR) is 61.8 cm³/mol. The molecule has 0 bridgehead atoms. The summed E-state index contributed by atoms with van der Waals surface area (Å²) in [4.78, 5) is 20.6. The minimum Gasteiger partial charge on any atom is -0.480 e. The Morgan fingerprint density at radius 3 is 1.86 bits per heavy atom. The third-order valence-electron chi connectivity index (χ3n) is 0.943. The molecule has 2 N–H and O–H groups in total. The zero-order valence-corrected chi connectivity index (χ0v) is 10.4. The van der Waals surface area contributed by atoms with Gasteiger partial charge in [-0.15, -0.1) is 0 Å². The highest BCUT2D eigenvalue weighted by Crippen LogP contribution is 1.99. The van der Waals surface area contributed by atoms with Gasteiger partial charge >= 0.3 is 5.97 Å². The molecule has 0 heterocycles. The van der Waals surface area contributed by atoms with Crippen LogP contribution in [0, 0.1) is 0 Å². The summed E-state index contributed by atoms with van der Waals surface area (Å²) in [6.07, 6.45) is -0.0883. The fourth-order valence-electron chi connectivity index (χ4n) is 0.365. The number of carbonyl (C=O) groups is 2. The molecule has 0 aliphatic heterocycles. The van der Waals surface area contributed by atoms with Gasteiger partial charge in [-0.05, 0) is 0 Å². The third-order valence-corrected chi connectivity index (χ3v) is 1.35. The summed E-state index contributed by atoms with van der Waals surface area (Å²) in [5.74, 6) is -1.39. The van der Waals surface area contributed by atoms with Crippen LogP contribution in [0.25, 0.3) is 0 Å². The molecular weight excluding hydrogens is 202 g/mol. The fourth-order valence-corrected chi connectivity index (χ4v) is 0.531. The molecule has 0 rings (SSSR count). The van der Waals surface area contributed by atoms with E-state index in [-0.39, 0.29) is 12.3 Å². The van der Waals surface area contributed by atoms with Crippen LogP contribution in [0.15, 0.2) is 0 Å². The zero-order chi connectivity index (χ0) is 12.1. The highest BCUT2D eigenvalue weighted by Gasteiger charge is 2.14. The first-order chi connectivity index (χ1) is 6.57. The topological polar surface area (TPSA) is 66.4 Å². The number of nitrogens with one attached hydrogen (secondary N) is 1. The van der Waals surface area contributed by atoms with Crippen LogP contribution in [0.3, 0.4) is 0 Å².